The molecule has 20 heavy (non-hydrogen) atoms. The third-order valence-corrected chi connectivity index (χ3v) is 3.19. The van der Waals surface area contributed by atoms with Crippen molar-refractivity contribution in [2.75, 3.05) is 24.5 Å². The third kappa shape index (κ3) is 4.05. The van der Waals surface area contributed by atoms with Crippen LogP contribution in [0.15, 0.2) is 24.3 Å². The van der Waals surface area contributed by atoms with Crippen LogP contribution in [0.5, 0.6) is 0 Å². The van der Waals surface area contributed by atoms with E-state index in [0.29, 0.717) is 13.1 Å². The first-order valence-corrected chi connectivity index (χ1v) is 6.81. The highest BCUT2D eigenvalue weighted by atomic mass is 19.1. The lowest BCUT2D eigenvalue weighted by Crippen LogP contribution is -2.36. The number of hydrogen-bond acceptors (Lipinski definition) is 2. The van der Waals surface area contributed by atoms with Crippen LogP contribution in [-0.2, 0) is 9.59 Å². The minimum atomic E-state index is -0.460. The lowest BCUT2D eigenvalue weighted by molar-refractivity contribution is -0.130. The Hall–Kier alpha value is -1.91. The molecule has 0 atom stereocenters. The van der Waals surface area contributed by atoms with Gasteiger partial charge in [-0.1, -0.05) is 12.1 Å². The lowest BCUT2D eigenvalue weighted by Gasteiger charge is -2.24. The Kier molecular flexibility index (Phi) is 6.15. The molecule has 0 aliphatic rings. The van der Waals surface area contributed by atoms with Crippen LogP contribution >= 0.6 is 0 Å². The summed E-state index contributed by atoms with van der Waals surface area (Å²) in [6, 6.07) is 6.08. The minimum absolute atomic E-state index is 0.0300. The van der Waals surface area contributed by atoms with Crippen LogP contribution in [0.3, 0.4) is 0 Å². The van der Waals surface area contributed by atoms with Crippen LogP contribution in [0.4, 0.5) is 10.1 Å². The van der Waals surface area contributed by atoms with Crippen molar-refractivity contribution in [2.24, 2.45) is 0 Å². The van der Waals surface area contributed by atoms with E-state index in [9.17, 15) is 14.0 Å². The maximum Gasteiger partial charge on any atom is 0.224 e. The molecule has 4 nitrogen and oxygen atoms in total. The first kappa shape index (κ1) is 16.1. The van der Waals surface area contributed by atoms with E-state index in [4.69, 9.17) is 0 Å². The van der Waals surface area contributed by atoms with E-state index in [0.717, 1.165) is 0 Å². The molecule has 0 aliphatic carbocycles. The van der Waals surface area contributed by atoms with Gasteiger partial charge in [-0.2, -0.15) is 0 Å². The summed E-state index contributed by atoms with van der Waals surface area (Å²) in [5, 5.41) is 0. The molecule has 5 heteroatoms. The number of halogens is 1. The number of carbonyl (C=O) groups is 2. The highest BCUT2D eigenvalue weighted by Crippen LogP contribution is 2.19. The highest BCUT2D eigenvalue weighted by Gasteiger charge is 2.18. The summed E-state index contributed by atoms with van der Waals surface area (Å²) in [6.07, 6.45) is 0.190. The average molecular weight is 280 g/mol. The molecule has 0 N–H and O–H groups in total. The summed E-state index contributed by atoms with van der Waals surface area (Å²) < 4.78 is 13.7. The van der Waals surface area contributed by atoms with E-state index in [1.165, 1.54) is 17.9 Å². The summed E-state index contributed by atoms with van der Waals surface area (Å²) in [5.41, 5.74) is 0.215. The monoisotopic (exact) mass is 280 g/mol. The second-order valence-electron chi connectivity index (χ2n) is 4.44. The Labute approximate surface area is 119 Å². The van der Waals surface area contributed by atoms with Gasteiger partial charge in [0.2, 0.25) is 11.8 Å². The second-order valence-corrected chi connectivity index (χ2v) is 4.44. The summed E-state index contributed by atoms with van der Waals surface area (Å²) >= 11 is 0. The van der Waals surface area contributed by atoms with E-state index < -0.39 is 5.82 Å². The van der Waals surface area contributed by atoms with E-state index in [-0.39, 0.29) is 30.5 Å². The number of carbonyl (C=O) groups excluding carboxylic acids is 2. The third-order valence-electron chi connectivity index (χ3n) is 3.19. The van der Waals surface area contributed by atoms with E-state index in [1.807, 2.05) is 13.8 Å². The first-order valence-electron chi connectivity index (χ1n) is 6.81. The molecule has 2 amide bonds. The average Bonchev–Trinajstić information content (AvgIpc) is 2.42. The van der Waals surface area contributed by atoms with Gasteiger partial charge < -0.3 is 9.80 Å². The van der Waals surface area contributed by atoms with Gasteiger partial charge in [-0.3, -0.25) is 9.59 Å². The maximum absolute atomic E-state index is 13.7. The molecule has 0 spiro atoms. The van der Waals surface area contributed by atoms with Crippen molar-refractivity contribution in [3.05, 3.63) is 30.1 Å². The van der Waals surface area contributed by atoms with Gasteiger partial charge in [-0.05, 0) is 26.0 Å². The van der Waals surface area contributed by atoms with Crippen molar-refractivity contribution in [3.63, 3.8) is 0 Å². The fraction of sp³-hybridized carbons (Fsp3) is 0.467. The molecule has 0 saturated heterocycles. The van der Waals surface area contributed by atoms with Crippen molar-refractivity contribution >= 4 is 17.5 Å². The Morgan fingerprint density at radius 1 is 1.15 bits per heavy atom. The van der Waals surface area contributed by atoms with Crippen LogP contribution in [-0.4, -0.2) is 36.3 Å². The summed E-state index contributed by atoms with van der Waals surface area (Å²) in [4.78, 5) is 26.6. The summed E-state index contributed by atoms with van der Waals surface area (Å²) in [5.74, 6) is -0.766. The smallest absolute Gasteiger partial charge is 0.224 e. The van der Waals surface area contributed by atoms with Gasteiger partial charge in [0.1, 0.15) is 5.82 Å². The van der Waals surface area contributed by atoms with Gasteiger partial charge in [-0.15, -0.1) is 0 Å². The zero-order valence-corrected chi connectivity index (χ0v) is 12.2. The Balaban J connectivity index is 2.78. The van der Waals surface area contributed by atoms with Crippen molar-refractivity contribution in [1.29, 1.82) is 0 Å². The number of nitrogens with zero attached hydrogens (tertiary/aromatic N) is 2. The molecule has 0 aliphatic heterocycles. The molecule has 0 saturated carbocycles. The highest BCUT2D eigenvalue weighted by molar-refractivity contribution is 5.92. The van der Waals surface area contributed by atoms with Gasteiger partial charge in [0, 0.05) is 33.0 Å². The largest absolute Gasteiger partial charge is 0.343 e. The molecule has 0 unspecified atom stereocenters. The van der Waals surface area contributed by atoms with Crippen LogP contribution in [0, 0.1) is 5.82 Å². The van der Waals surface area contributed by atoms with Gasteiger partial charge in [0.25, 0.3) is 0 Å². The molecule has 1 aromatic carbocycles. The van der Waals surface area contributed by atoms with Gasteiger partial charge in [0.15, 0.2) is 0 Å². The predicted octanol–water partition coefficient (Wildman–Crippen LogP) is 2.44. The molecule has 0 fully saturated rings. The molecule has 0 radical (unpaired) electrons. The standard InChI is InChI=1S/C15H21FN2O2/c1-4-17(5-2)15(20)10-11-18(12(3)19)14-9-7-6-8-13(14)16/h6-9H,4-5,10-11H2,1-3H3. The molecule has 1 rings (SSSR count). The molecular weight excluding hydrogens is 259 g/mol. The topological polar surface area (TPSA) is 40.6 Å². The van der Waals surface area contributed by atoms with E-state index in [2.05, 4.69) is 0 Å². The second kappa shape index (κ2) is 7.62. The van der Waals surface area contributed by atoms with Crippen molar-refractivity contribution < 1.29 is 14.0 Å². The quantitative estimate of drug-likeness (QED) is 0.803. The number of anilines is 1. The van der Waals surface area contributed by atoms with Crippen LogP contribution in [0.2, 0.25) is 0 Å². The van der Waals surface area contributed by atoms with E-state index >= 15 is 0 Å². The number of hydrogen-bond donors (Lipinski definition) is 0. The molecule has 110 valence electrons. The summed E-state index contributed by atoms with van der Waals surface area (Å²) in [6.45, 7) is 6.63. The normalized spacial score (nSPS) is 10.2. The number of rotatable bonds is 6. The number of amides is 2. The molecular formula is C15H21FN2O2. The first-order chi connectivity index (χ1) is 9.51. The van der Waals surface area contributed by atoms with Crippen LogP contribution in [0.25, 0.3) is 0 Å². The SMILES string of the molecule is CCN(CC)C(=O)CCN(C(C)=O)c1ccccc1F. The molecule has 1 aromatic rings. The van der Waals surface area contributed by atoms with Gasteiger partial charge in [0.05, 0.1) is 5.69 Å². The Morgan fingerprint density at radius 2 is 1.75 bits per heavy atom. The van der Waals surface area contributed by atoms with Gasteiger partial charge >= 0.3 is 0 Å². The van der Waals surface area contributed by atoms with Crippen molar-refractivity contribution in [3.8, 4) is 0 Å². The Bertz CT molecular complexity index is 473. The van der Waals surface area contributed by atoms with Crippen molar-refractivity contribution in [2.45, 2.75) is 27.2 Å². The maximum atomic E-state index is 13.7. The number of para-hydroxylation sites is 1. The lowest BCUT2D eigenvalue weighted by atomic mass is 10.2. The molecule has 0 bridgehead atoms. The fourth-order valence-corrected chi connectivity index (χ4v) is 2.06. The predicted molar refractivity (Wildman–Crippen MR) is 77.0 cm³/mol. The van der Waals surface area contributed by atoms with Crippen molar-refractivity contribution in [1.82, 2.24) is 4.90 Å². The molecule has 0 heterocycles. The van der Waals surface area contributed by atoms with Crippen LogP contribution < -0.4 is 4.90 Å². The van der Waals surface area contributed by atoms with Gasteiger partial charge in [-0.25, -0.2) is 4.39 Å². The fourth-order valence-electron chi connectivity index (χ4n) is 2.06. The van der Waals surface area contributed by atoms with Crippen LogP contribution in [0.1, 0.15) is 27.2 Å². The minimum Gasteiger partial charge on any atom is -0.343 e. The molecule has 0 aromatic heterocycles. The number of benzene rings is 1. The van der Waals surface area contributed by atoms with E-state index in [1.54, 1.807) is 23.1 Å². The summed E-state index contributed by atoms with van der Waals surface area (Å²) in [7, 11) is 0. The Morgan fingerprint density at radius 3 is 2.25 bits per heavy atom. The zero-order valence-electron chi connectivity index (χ0n) is 12.2. The zero-order chi connectivity index (χ0) is 15.1.